The SMILES string of the molecule is CC1c2c(C(C)(C)C)ccc(c2C(C)(C)C)OP(F)Oc2ccc(C(C)(C)C)c1c2C(C)(C)C. The molecule has 0 unspecified atom stereocenters. The molecule has 1 aliphatic rings. The molecule has 2 aromatic rings. The average Bonchev–Trinajstić information content (AvgIpc) is 2.62. The Bertz CT molecular complexity index is 990. The van der Waals surface area contributed by atoms with Crippen LogP contribution in [0.4, 0.5) is 4.20 Å². The Hall–Kier alpha value is -1.60. The van der Waals surface area contributed by atoms with Crippen LogP contribution >= 0.6 is 8.69 Å². The van der Waals surface area contributed by atoms with Gasteiger partial charge >= 0.3 is 8.69 Å². The third-order valence-electron chi connectivity index (χ3n) is 6.74. The van der Waals surface area contributed by atoms with Gasteiger partial charge in [-0.15, -0.1) is 4.20 Å². The summed E-state index contributed by atoms with van der Waals surface area (Å²) in [6, 6.07) is 8.17. The predicted molar refractivity (Wildman–Crippen MR) is 144 cm³/mol. The van der Waals surface area contributed by atoms with Crippen LogP contribution in [0.5, 0.6) is 11.5 Å². The maximum atomic E-state index is 15.4. The van der Waals surface area contributed by atoms with Crippen molar-refractivity contribution in [3.8, 4) is 11.5 Å². The summed E-state index contributed by atoms with van der Waals surface area (Å²) in [4.78, 5) is 0. The first-order valence-electron chi connectivity index (χ1n) is 12.4. The molecule has 4 bridgehead atoms. The van der Waals surface area contributed by atoms with E-state index in [4.69, 9.17) is 9.05 Å². The number of halogens is 1. The van der Waals surface area contributed by atoms with Crippen LogP contribution < -0.4 is 9.05 Å². The summed E-state index contributed by atoms with van der Waals surface area (Å²) in [5.41, 5.74) is 6.61. The lowest BCUT2D eigenvalue weighted by molar-refractivity contribution is 0.412. The van der Waals surface area contributed by atoms with E-state index in [9.17, 15) is 0 Å². The van der Waals surface area contributed by atoms with Crippen LogP contribution in [0.2, 0.25) is 0 Å². The van der Waals surface area contributed by atoms with Crippen molar-refractivity contribution in [2.24, 2.45) is 0 Å². The molecule has 4 heteroatoms. The Morgan fingerprint density at radius 1 is 0.588 bits per heavy atom. The van der Waals surface area contributed by atoms with Crippen molar-refractivity contribution in [2.75, 3.05) is 0 Å². The van der Waals surface area contributed by atoms with E-state index < -0.39 is 8.69 Å². The number of hydrogen-bond acceptors (Lipinski definition) is 2. The molecular weight excluding hydrogens is 442 g/mol. The third-order valence-corrected chi connectivity index (χ3v) is 7.42. The molecule has 0 fully saturated rings. The summed E-state index contributed by atoms with van der Waals surface area (Å²) in [6.45, 7) is 29.0. The monoisotopic (exact) mass is 486 g/mol. The Morgan fingerprint density at radius 2 is 0.912 bits per heavy atom. The van der Waals surface area contributed by atoms with Crippen molar-refractivity contribution in [3.63, 3.8) is 0 Å². The van der Waals surface area contributed by atoms with Crippen molar-refractivity contribution in [2.45, 2.75) is 118 Å². The molecule has 0 radical (unpaired) electrons. The first-order chi connectivity index (χ1) is 15.2. The Balaban J connectivity index is 2.61. The van der Waals surface area contributed by atoms with Gasteiger partial charge in [0.25, 0.3) is 0 Å². The van der Waals surface area contributed by atoms with Crippen molar-refractivity contribution >= 4 is 8.69 Å². The Morgan fingerprint density at radius 3 is 1.18 bits per heavy atom. The van der Waals surface area contributed by atoms with E-state index in [1.54, 1.807) is 0 Å². The van der Waals surface area contributed by atoms with Crippen molar-refractivity contribution in [1.29, 1.82) is 0 Å². The maximum absolute atomic E-state index is 15.4. The van der Waals surface area contributed by atoms with Crippen LogP contribution in [-0.2, 0) is 21.7 Å². The van der Waals surface area contributed by atoms with E-state index in [-0.39, 0.29) is 27.6 Å². The number of hydrogen-bond donors (Lipinski definition) is 0. The minimum Gasteiger partial charge on any atom is -0.414 e. The molecule has 0 aliphatic carbocycles. The summed E-state index contributed by atoms with van der Waals surface area (Å²) in [5, 5.41) is 0. The van der Waals surface area contributed by atoms with Gasteiger partial charge in [-0.05, 0) is 56.0 Å². The van der Waals surface area contributed by atoms with Crippen molar-refractivity contribution in [3.05, 3.63) is 57.6 Å². The van der Waals surface area contributed by atoms with Crippen LogP contribution in [0.15, 0.2) is 24.3 Å². The Kier molecular flexibility index (Phi) is 6.76. The predicted octanol–water partition coefficient (Wildman–Crippen LogP) is 10.00. The van der Waals surface area contributed by atoms with E-state index in [0.29, 0.717) is 11.5 Å². The molecule has 0 spiro atoms. The van der Waals surface area contributed by atoms with Crippen LogP contribution in [0, 0.1) is 0 Å². The van der Waals surface area contributed by atoms with Gasteiger partial charge in [0.1, 0.15) is 11.5 Å². The maximum Gasteiger partial charge on any atom is 0.505 e. The fourth-order valence-corrected chi connectivity index (χ4v) is 6.07. The van der Waals surface area contributed by atoms with E-state index >= 15 is 4.20 Å². The second kappa shape index (κ2) is 8.51. The topological polar surface area (TPSA) is 18.5 Å². The minimum atomic E-state index is -2.63. The molecule has 0 atom stereocenters. The smallest absolute Gasteiger partial charge is 0.414 e. The largest absolute Gasteiger partial charge is 0.505 e. The fourth-order valence-electron chi connectivity index (χ4n) is 5.42. The first kappa shape index (κ1) is 27.0. The molecule has 1 aliphatic heterocycles. The highest BCUT2D eigenvalue weighted by atomic mass is 31.2. The number of benzene rings is 2. The molecule has 2 aromatic carbocycles. The summed E-state index contributed by atoms with van der Waals surface area (Å²) in [7, 11) is -2.63. The van der Waals surface area contributed by atoms with Crippen molar-refractivity contribution in [1.82, 2.24) is 0 Å². The number of fused-ring (bicyclic) bond motifs is 4. The lowest BCUT2D eigenvalue weighted by atomic mass is 9.67. The van der Waals surface area contributed by atoms with Crippen LogP contribution in [0.25, 0.3) is 0 Å². The van der Waals surface area contributed by atoms with Crippen LogP contribution in [-0.4, -0.2) is 0 Å². The van der Waals surface area contributed by atoms with Crippen LogP contribution in [0.1, 0.15) is 129 Å². The lowest BCUT2D eigenvalue weighted by Crippen LogP contribution is -2.28. The molecule has 188 valence electrons. The van der Waals surface area contributed by atoms with E-state index in [2.05, 4.69) is 102 Å². The molecule has 1 heterocycles. The van der Waals surface area contributed by atoms with E-state index in [1.807, 2.05) is 12.1 Å². The van der Waals surface area contributed by atoms with E-state index in [1.165, 1.54) is 22.3 Å². The highest BCUT2D eigenvalue weighted by Gasteiger charge is 2.39. The summed E-state index contributed by atoms with van der Waals surface area (Å²) in [6.07, 6.45) is 0. The molecule has 0 N–H and O–H groups in total. The van der Waals surface area contributed by atoms with Gasteiger partial charge < -0.3 is 9.05 Å². The van der Waals surface area contributed by atoms with Gasteiger partial charge in [-0.2, -0.15) is 0 Å². The van der Waals surface area contributed by atoms with Gasteiger partial charge in [-0.25, -0.2) is 0 Å². The molecule has 0 aromatic heterocycles. The quantitative estimate of drug-likeness (QED) is 0.345. The molecule has 3 rings (SSSR count). The second-order valence-electron chi connectivity index (χ2n) is 13.9. The third kappa shape index (κ3) is 5.01. The highest BCUT2D eigenvalue weighted by molar-refractivity contribution is 7.42. The van der Waals surface area contributed by atoms with Crippen molar-refractivity contribution < 1.29 is 13.2 Å². The minimum absolute atomic E-state index is 0.0722. The molecule has 0 saturated carbocycles. The fraction of sp³-hybridized carbons (Fsp3) is 0.600. The molecule has 0 saturated heterocycles. The van der Waals surface area contributed by atoms with Gasteiger partial charge in [-0.1, -0.05) is 102 Å². The zero-order valence-corrected chi connectivity index (χ0v) is 24.4. The van der Waals surface area contributed by atoms with Gasteiger partial charge in [0.05, 0.1) is 0 Å². The summed E-state index contributed by atoms with van der Waals surface area (Å²) in [5.74, 6) is 1.26. The normalized spacial score (nSPS) is 19.4. The molecule has 34 heavy (non-hydrogen) atoms. The Labute approximate surface area is 208 Å². The standard InChI is InChI=1S/C30H44FO2P/c1-18-23-19(27(2,3)4)14-16-21(25(23)29(8,9)10)32-34(31)33-22-17-15-20(28(5,6)7)24(18)26(22)30(11,12)13/h14-18H,1-13H3. The zero-order valence-electron chi connectivity index (χ0n) is 23.5. The van der Waals surface area contributed by atoms with Gasteiger partial charge in [-0.3, -0.25) is 0 Å². The van der Waals surface area contributed by atoms with E-state index in [0.717, 1.165) is 11.1 Å². The molecule has 2 nitrogen and oxygen atoms in total. The summed E-state index contributed by atoms with van der Waals surface area (Å²) >= 11 is 0. The second-order valence-corrected chi connectivity index (χ2v) is 14.7. The lowest BCUT2D eigenvalue weighted by Gasteiger charge is -2.39. The van der Waals surface area contributed by atoms with Gasteiger partial charge in [0.2, 0.25) is 0 Å². The van der Waals surface area contributed by atoms with Crippen LogP contribution in [0.3, 0.4) is 0 Å². The number of rotatable bonds is 0. The summed E-state index contributed by atoms with van der Waals surface area (Å²) < 4.78 is 27.3. The average molecular weight is 487 g/mol. The highest BCUT2D eigenvalue weighted by Crippen LogP contribution is 2.55. The van der Waals surface area contributed by atoms with Gasteiger partial charge in [0, 0.05) is 17.0 Å². The zero-order chi connectivity index (χ0) is 26.0. The first-order valence-corrected chi connectivity index (χ1v) is 13.5. The van der Waals surface area contributed by atoms with Gasteiger partial charge in [0.15, 0.2) is 0 Å². The molecule has 0 amide bonds. The molecular formula is C30H44FO2P.